The third-order valence-corrected chi connectivity index (χ3v) is 2.37. The Hall–Kier alpha value is -0.200. The van der Waals surface area contributed by atoms with Gasteiger partial charge in [0.2, 0.25) is 0 Å². The van der Waals surface area contributed by atoms with Crippen molar-refractivity contribution >= 4 is 0 Å². The lowest BCUT2D eigenvalue weighted by atomic mass is 10.1. The van der Waals surface area contributed by atoms with Gasteiger partial charge in [0.05, 0.1) is 25.9 Å². The number of rotatable bonds is 6. The quantitative estimate of drug-likeness (QED) is 0.352. The van der Waals surface area contributed by atoms with Gasteiger partial charge in [-0.3, -0.25) is 11.3 Å². The maximum atomic E-state index is 5.55. The van der Waals surface area contributed by atoms with Crippen molar-refractivity contribution in [1.29, 1.82) is 0 Å². The lowest BCUT2D eigenvalue weighted by Gasteiger charge is -2.29. The van der Waals surface area contributed by atoms with E-state index in [1.54, 1.807) is 7.11 Å². The summed E-state index contributed by atoms with van der Waals surface area (Å²) in [4.78, 5) is 0. The molecule has 0 aromatic carbocycles. The summed E-state index contributed by atoms with van der Waals surface area (Å²) in [5.74, 6) is 5.46. The fourth-order valence-electron chi connectivity index (χ4n) is 1.56. The summed E-state index contributed by atoms with van der Waals surface area (Å²) in [6, 6.07) is 0.158. The Morgan fingerprint density at radius 2 is 2.43 bits per heavy atom. The van der Waals surface area contributed by atoms with Gasteiger partial charge in [0, 0.05) is 19.8 Å². The van der Waals surface area contributed by atoms with E-state index in [-0.39, 0.29) is 12.1 Å². The van der Waals surface area contributed by atoms with Gasteiger partial charge < -0.3 is 14.2 Å². The van der Waals surface area contributed by atoms with Gasteiger partial charge in [0.15, 0.2) is 0 Å². The fourth-order valence-corrected chi connectivity index (χ4v) is 1.56. The summed E-state index contributed by atoms with van der Waals surface area (Å²) in [7, 11) is 1.70. The van der Waals surface area contributed by atoms with Gasteiger partial charge in [-0.05, 0) is 12.8 Å². The summed E-state index contributed by atoms with van der Waals surface area (Å²) in [5.41, 5.74) is 2.77. The number of ether oxygens (including phenoxy) is 3. The Bertz CT molecular complexity index is 140. The minimum atomic E-state index is 0.0746. The second-order valence-electron chi connectivity index (χ2n) is 3.39. The molecule has 2 unspecified atom stereocenters. The second kappa shape index (κ2) is 7.14. The SMILES string of the molecule is COCCCC(NN)C1COCCO1. The highest BCUT2D eigenvalue weighted by Gasteiger charge is 2.23. The molecule has 3 N–H and O–H groups in total. The van der Waals surface area contributed by atoms with E-state index in [4.69, 9.17) is 20.1 Å². The highest BCUT2D eigenvalue weighted by molar-refractivity contribution is 4.76. The van der Waals surface area contributed by atoms with E-state index in [9.17, 15) is 0 Å². The number of methoxy groups -OCH3 is 1. The highest BCUT2D eigenvalue weighted by Crippen LogP contribution is 2.10. The second-order valence-corrected chi connectivity index (χ2v) is 3.39. The van der Waals surface area contributed by atoms with Gasteiger partial charge >= 0.3 is 0 Å². The topological polar surface area (TPSA) is 65.7 Å². The van der Waals surface area contributed by atoms with E-state index < -0.39 is 0 Å². The van der Waals surface area contributed by atoms with Crippen LogP contribution in [0, 0.1) is 0 Å². The van der Waals surface area contributed by atoms with Crippen molar-refractivity contribution < 1.29 is 14.2 Å². The predicted molar refractivity (Wildman–Crippen MR) is 52.8 cm³/mol. The molecule has 2 atom stereocenters. The molecule has 0 radical (unpaired) electrons. The Morgan fingerprint density at radius 3 is 3.00 bits per heavy atom. The number of hydrogen-bond acceptors (Lipinski definition) is 5. The lowest BCUT2D eigenvalue weighted by molar-refractivity contribution is -0.103. The zero-order valence-corrected chi connectivity index (χ0v) is 8.70. The van der Waals surface area contributed by atoms with E-state index >= 15 is 0 Å². The van der Waals surface area contributed by atoms with Crippen LogP contribution in [0.5, 0.6) is 0 Å². The molecule has 5 nitrogen and oxygen atoms in total. The first-order valence-electron chi connectivity index (χ1n) is 5.03. The maximum Gasteiger partial charge on any atom is 0.0975 e. The van der Waals surface area contributed by atoms with E-state index in [0.29, 0.717) is 19.8 Å². The van der Waals surface area contributed by atoms with Crippen molar-refractivity contribution in [2.45, 2.75) is 25.0 Å². The summed E-state index contributed by atoms with van der Waals surface area (Å²) < 4.78 is 15.9. The molecular formula is C9H20N2O3. The molecule has 1 aliphatic rings. The molecular weight excluding hydrogens is 184 g/mol. The first kappa shape index (κ1) is 11.9. The largest absolute Gasteiger partial charge is 0.385 e. The van der Waals surface area contributed by atoms with Crippen LogP contribution in [-0.2, 0) is 14.2 Å². The minimum Gasteiger partial charge on any atom is -0.385 e. The number of hydrazine groups is 1. The van der Waals surface area contributed by atoms with Crippen LogP contribution in [0.3, 0.4) is 0 Å². The smallest absolute Gasteiger partial charge is 0.0975 e. The number of nitrogens with one attached hydrogen (secondary N) is 1. The Balaban J connectivity index is 2.21. The van der Waals surface area contributed by atoms with Gasteiger partial charge in [-0.2, -0.15) is 0 Å². The molecule has 5 heteroatoms. The molecule has 0 aromatic rings. The third kappa shape index (κ3) is 3.89. The van der Waals surface area contributed by atoms with Gasteiger partial charge in [-0.15, -0.1) is 0 Å². The van der Waals surface area contributed by atoms with Crippen LogP contribution in [0.15, 0.2) is 0 Å². The summed E-state index contributed by atoms with van der Waals surface area (Å²) in [5, 5.41) is 0. The first-order valence-corrected chi connectivity index (χ1v) is 5.03. The van der Waals surface area contributed by atoms with Crippen molar-refractivity contribution in [1.82, 2.24) is 5.43 Å². The van der Waals surface area contributed by atoms with Crippen LogP contribution in [0.4, 0.5) is 0 Å². The average molecular weight is 204 g/mol. The van der Waals surface area contributed by atoms with Crippen molar-refractivity contribution in [3.63, 3.8) is 0 Å². The van der Waals surface area contributed by atoms with Crippen molar-refractivity contribution in [2.75, 3.05) is 33.5 Å². The molecule has 1 heterocycles. The molecule has 0 aliphatic carbocycles. The van der Waals surface area contributed by atoms with E-state index in [1.807, 2.05) is 0 Å². The van der Waals surface area contributed by atoms with Crippen molar-refractivity contribution in [3.05, 3.63) is 0 Å². The monoisotopic (exact) mass is 204 g/mol. The minimum absolute atomic E-state index is 0.0746. The molecule has 14 heavy (non-hydrogen) atoms. The van der Waals surface area contributed by atoms with Crippen LogP contribution < -0.4 is 11.3 Å². The van der Waals surface area contributed by atoms with E-state index in [0.717, 1.165) is 19.4 Å². The standard InChI is InChI=1S/C9H20N2O3/c1-12-4-2-3-8(11-10)9-7-13-5-6-14-9/h8-9,11H,2-7,10H2,1H3. The average Bonchev–Trinajstić information content (AvgIpc) is 2.26. The van der Waals surface area contributed by atoms with Crippen molar-refractivity contribution in [3.8, 4) is 0 Å². The summed E-state index contributed by atoms with van der Waals surface area (Å²) in [6.45, 7) is 2.73. The molecule has 1 rings (SSSR count). The molecule has 0 aromatic heterocycles. The van der Waals surface area contributed by atoms with Crippen molar-refractivity contribution in [2.24, 2.45) is 5.84 Å². The van der Waals surface area contributed by atoms with Crippen LogP contribution in [0.2, 0.25) is 0 Å². The normalized spacial score (nSPS) is 24.9. The maximum absolute atomic E-state index is 5.55. The molecule has 1 aliphatic heterocycles. The predicted octanol–water partition coefficient (Wildman–Crippen LogP) is -0.340. The highest BCUT2D eigenvalue weighted by atomic mass is 16.6. The first-order chi connectivity index (χ1) is 6.88. The van der Waals surface area contributed by atoms with Gasteiger partial charge in [0.1, 0.15) is 0 Å². The number of nitrogens with two attached hydrogens (primary N) is 1. The zero-order chi connectivity index (χ0) is 10.2. The summed E-state index contributed by atoms with van der Waals surface area (Å²) >= 11 is 0. The molecule has 0 saturated carbocycles. The third-order valence-electron chi connectivity index (χ3n) is 2.37. The van der Waals surface area contributed by atoms with Crippen LogP contribution >= 0.6 is 0 Å². The van der Waals surface area contributed by atoms with Crippen LogP contribution in [0.25, 0.3) is 0 Å². The molecule has 84 valence electrons. The van der Waals surface area contributed by atoms with E-state index in [1.165, 1.54) is 0 Å². The molecule has 0 bridgehead atoms. The lowest BCUT2D eigenvalue weighted by Crippen LogP contribution is -2.49. The molecule has 1 fully saturated rings. The van der Waals surface area contributed by atoms with Gasteiger partial charge in [-0.25, -0.2) is 0 Å². The fraction of sp³-hybridized carbons (Fsp3) is 1.00. The Kier molecular flexibility index (Phi) is 6.05. The Labute approximate surface area is 84.9 Å². The zero-order valence-electron chi connectivity index (χ0n) is 8.70. The van der Waals surface area contributed by atoms with Crippen LogP contribution in [0.1, 0.15) is 12.8 Å². The summed E-state index contributed by atoms with van der Waals surface area (Å²) in [6.07, 6.45) is 1.99. The molecule has 0 spiro atoms. The Morgan fingerprint density at radius 1 is 1.57 bits per heavy atom. The van der Waals surface area contributed by atoms with Crippen LogP contribution in [-0.4, -0.2) is 45.7 Å². The van der Waals surface area contributed by atoms with E-state index in [2.05, 4.69) is 5.43 Å². The molecule has 1 saturated heterocycles. The van der Waals surface area contributed by atoms with Gasteiger partial charge in [0.25, 0.3) is 0 Å². The molecule has 0 amide bonds. The van der Waals surface area contributed by atoms with Gasteiger partial charge in [-0.1, -0.05) is 0 Å². The number of hydrogen-bond donors (Lipinski definition) is 2.